The van der Waals surface area contributed by atoms with Crippen LogP contribution in [-0.4, -0.2) is 20.7 Å². The van der Waals surface area contributed by atoms with Gasteiger partial charge in [-0.2, -0.15) is 0 Å². The van der Waals surface area contributed by atoms with E-state index < -0.39 is 9.84 Å². The van der Waals surface area contributed by atoms with Crippen LogP contribution in [0.2, 0.25) is 0 Å². The van der Waals surface area contributed by atoms with Gasteiger partial charge in [-0.3, -0.25) is 0 Å². The van der Waals surface area contributed by atoms with E-state index >= 15 is 0 Å². The average molecular weight is 305 g/mol. The number of anilines is 1. The van der Waals surface area contributed by atoms with E-state index in [2.05, 4.69) is 5.32 Å². The van der Waals surface area contributed by atoms with Gasteiger partial charge < -0.3 is 5.32 Å². The van der Waals surface area contributed by atoms with E-state index in [1.54, 1.807) is 12.1 Å². The number of rotatable bonds is 3. The number of hydrogen-bond acceptors (Lipinski definition) is 3. The highest BCUT2D eigenvalue weighted by molar-refractivity contribution is 7.90. The summed E-state index contributed by atoms with van der Waals surface area (Å²) < 4.78 is 23.4. The standard InChI is InChI=1S/C17H23NO2S/c1-21(19,20)16-4-2-3-15(10-16)18-17-13-6-11-5-12(8-13)9-14(17)7-11/h2-4,10-14,17-18H,5-9H2,1H3. The van der Waals surface area contributed by atoms with Crippen LogP contribution in [0.1, 0.15) is 32.1 Å². The average Bonchev–Trinajstić information content (AvgIpc) is 2.41. The highest BCUT2D eigenvalue weighted by atomic mass is 32.2. The Morgan fingerprint density at radius 2 is 1.62 bits per heavy atom. The minimum Gasteiger partial charge on any atom is -0.382 e. The van der Waals surface area contributed by atoms with Gasteiger partial charge in [0.2, 0.25) is 0 Å². The Morgan fingerprint density at radius 3 is 2.19 bits per heavy atom. The van der Waals surface area contributed by atoms with Crippen molar-refractivity contribution >= 4 is 15.5 Å². The van der Waals surface area contributed by atoms with Gasteiger partial charge in [-0.1, -0.05) is 6.07 Å². The van der Waals surface area contributed by atoms with Crippen LogP contribution in [0.5, 0.6) is 0 Å². The van der Waals surface area contributed by atoms with Crippen molar-refractivity contribution in [1.82, 2.24) is 0 Å². The Bertz CT molecular complexity index is 625. The third kappa shape index (κ3) is 2.48. The van der Waals surface area contributed by atoms with E-state index in [4.69, 9.17) is 0 Å². The van der Waals surface area contributed by atoms with Gasteiger partial charge in [0, 0.05) is 18.0 Å². The van der Waals surface area contributed by atoms with Crippen molar-refractivity contribution in [3.05, 3.63) is 24.3 Å². The van der Waals surface area contributed by atoms with Gasteiger partial charge in [0.25, 0.3) is 0 Å². The molecule has 0 amide bonds. The summed E-state index contributed by atoms with van der Waals surface area (Å²) in [6.07, 6.45) is 8.22. The van der Waals surface area contributed by atoms with E-state index in [1.165, 1.54) is 38.4 Å². The fourth-order valence-electron chi connectivity index (χ4n) is 5.17. The number of sulfone groups is 1. The Balaban J connectivity index is 1.56. The summed E-state index contributed by atoms with van der Waals surface area (Å²) >= 11 is 0. The molecule has 21 heavy (non-hydrogen) atoms. The van der Waals surface area contributed by atoms with Crippen molar-refractivity contribution in [2.75, 3.05) is 11.6 Å². The number of nitrogens with one attached hydrogen (secondary N) is 1. The molecule has 1 N–H and O–H groups in total. The fraction of sp³-hybridized carbons (Fsp3) is 0.647. The summed E-state index contributed by atoms with van der Waals surface area (Å²) in [5, 5.41) is 3.67. The van der Waals surface area contributed by atoms with E-state index in [0.29, 0.717) is 10.9 Å². The molecule has 4 bridgehead atoms. The van der Waals surface area contributed by atoms with Crippen LogP contribution < -0.4 is 5.32 Å². The first kappa shape index (κ1) is 13.6. The van der Waals surface area contributed by atoms with E-state index in [9.17, 15) is 8.42 Å². The zero-order chi connectivity index (χ0) is 14.6. The van der Waals surface area contributed by atoms with E-state index in [-0.39, 0.29) is 0 Å². The molecule has 0 saturated heterocycles. The first-order valence-electron chi connectivity index (χ1n) is 8.05. The molecule has 4 aliphatic rings. The largest absolute Gasteiger partial charge is 0.382 e. The third-order valence-electron chi connectivity index (χ3n) is 5.82. The molecule has 5 rings (SSSR count). The van der Waals surface area contributed by atoms with Crippen molar-refractivity contribution in [3.63, 3.8) is 0 Å². The highest BCUT2D eigenvalue weighted by Crippen LogP contribution is 2.54. The van der Waals surface area contributed by atoms with Crippen LogP contribution in [0.25, 0.3) is 0 Å². The van der Waals surface area contributed by atoms with E-state index in [1.807, 2.05) is 12.1 Å². The molecule has 1 aromatic rings. The summed E-state index contributed by atoms with van der Waals surface area (Å²) in [6.45, 7) is 0. The Hall–Kier alpha value is -1.03. The van der Waals surface area contributed by atoms with Crippen LogP contribution in [0.3, 0.4) is 0 Å². The van der Waals surface area contributed by atoms with Crippen molar-refractivity contribution in [1.29, 1.82) is 0 Å². The maximum absolute atomic E-state index is 11.7. The van der Waals surface area contributed by atoms with Crippen LogP contribution in [0, 0.1) is 23.7 Å². The van der Waals surface area contributed by atoms with Crippen LogP contribution in [-0.2, 0) is 9.84 Å². The SMILES string of the molecule is CS(=O)(=O)c1cccc(NC2C3CC4CC(C3)CC2C4)c1. The lowest BCUT2D eigenvalue weighted by Gasteiger charge is -2.54. The molecular formula is C17H23NO2S. The maximum Gasteiger partial charge on any atom is 0.175 e. The van der Waals surface area contributed by atoms with Gasteiger partial charge in [0.15, 0.2) is 9.84 Å². The third-order valence-corrected chi connectivity index (χ3v) is 6.93. The molecule has 114 valence electrons. The molecule has 0 aromatic heterocycles. The quantitative estimate of drug-likeness (QED) is 0.931. The van der Waals surface area contributed by atoms with Crippen LogP contribution >= 0.6 is 0 Å². The zero-order valence-corrected chi connectivity index (χ0v) is 13.3. The zero-order valence-electron chi connectivity index (χ0n) is 12.5. The van der Waals surface area contributed by atoms with Crippen LogP contribution in [0.15, 0.2) is 29.2 Å². The van der Waals surface area contributed by atoms with Crippen LogP contribution in [0.4, 0.5) is 5.69 Å². The Morgan fingerprint density at radius 1 is 1.00 bits per heavy atom. The molecule has 0 radical (unpaired) electrons. The smallest absolute Gasteiger partial charge is 0.175 e. The summed E-state index contributed by atoms with van der Waals surface area (Å²) in [5.41, 5.74) is 0.968. The fourth-order valence-corrected chi connectivity index (χ4v) is 5.84. The highest BCUT2D eigenvalue weighted by Gasteiger charge is 2.48. The van der Waals surface area contributed by atoms with Gasteiger partial charge >= 0.3 is 0 Å². The molecule has 0 aliphatic heterocycles. The molecule has 0 atom stereocenters. The molecule has 4 aliphatic carbocycles. The minimum absolute atomic E-state index is 0.413. The second-order valence-electron chi connectivity index (χ2n) is 7.40. The minimum atomic E-state index is -3.13. The second kappa shape index (κ2) is 4.73. The number of benzene rings is 1. The summed E-state index contributed by atoms with van der Waals surface area (Å²) in [4.78, 5) is 0.413. The normalized spacial score (nSPS) is 37.7. The van der Waals surface area contributed by atoms with Gasteiger partial charge in [-0.25, -0.2) is 8.42 Å². The summed E-state index contributed by atoms with van der Waals surface area (Å²) in [6, 6.07) is 7.86. The van der Waals surface area contributed by atoms with Crippen molar-refractivity contribution in [3.8, 4) is 0 Å². The van der Waals surface area contributed by atoms with Gasteiger partial charge in [-0.05, 0) is 74.0 Å². The molecule has 4 heteroatoms. The first-order chi connectivity index (χ1) is 9.99. The monoisotopic (exact) mass is 305 g/mol. The second-order valence-corrected chi connectivity index (χ2v) is 9.42. The maximum atomic E-state index is 11.7. The number of hydrogen-bond donors (Lipinski definition) is 1. The Kier molecular flexibility index (Phi) is 3.07. The first-order valence-corrected chi connectivity index (χ1v) is 9.95. The van der Waals surface area contributed by atoms with Crippen molar-refractivity contribution in [2.45, 2.75) is 43.0 Å². The predicted molar refractivity (Wildman–Crippen MR) is 84.0 cm³/mol. The lowest BCUT2D eigenvalue weighted by atomic mass is 9.54. The molecule has 0 spiro atoms. The predicted octanol–water partition coefficient (Wildman–Crippen LogP) is 3.33. The van der Waals surface area contributed by atoms with Gasteiger partial charge in [0.05, 0.1) is 4.90 Å². The van der Waals surface area contributed by atoms with Gasteiger partial charge in [0.1, 0.15) is 0 Å². The lowest BCUT2D eigenvalue weighted by molar-refractivity contribution is 0.00753. The molecule has 0 unspecified atom stereocenters. The summed E-state index contributed by atoms with van der Waals surface area (Å²) in [5.74, 6) is 3.52. The van der Waals surface area contributed by atoms with E-state index in [0.717, 1.165) is 29.4 Å². The van der Waals surface area contributed by atoms with Crippen molar-refractivity contribution in [2.24, 2.45) is 23.7 Å². The molecular weight excluding hydrogens is 282 g/mol. The topological polar surface area (TPSA) is 46.2 Å². The summed E-state index contributed by atoms with van der Waals surface area (Å²) in [7, 11) is -3.13. The van der Waals surface area contributed by atoms with Crippen molar-refractivity contribution < 1.29 is 8.42 Å². The molecule has 3 nitrogen and oxygen atoms in total. The Labute approximate surface area is 127 Å². The molecule has 4 saturated carbocycles. The lowest BCUT2D eigenvalue weighted by Crippen LogP contribution is -2.51. The molecule has 4 fully saturated rings. The molecule has 1 aromatic carbocycles. The van der Waals surface area contributed by atoms with Gasteiger partial charge in [-0.15, -0.1) is 0 Å². The molecule has 0 heterocycles.